The maximum absolute atomic E-state index is 13.0. The highest BCUT2D eigenvalue weighted by Crippen LogP contribution is 2.34. The summed E-state index contributed by atoms with van der Waals surface area (Å²) in [4.78, 5) is 26.7. The molecule has 142 valence electrons. The van der Waals surface area contributed by atoms with E-state index in [2.05, 4.69) is 0 Å². The molecule has 0 saturated carbocycles. The van der Waals surface area contributed by atoms with Gasteiger partial charge in [0.2, 0.25) is 9.84 Å². The van der Waals surface area contributed by atoms with Crippen molar-refractivity contribution in [1.82, 2.24) is 4.90 Å². The average molecular weight is 395 g/mol. The summed E-state index contributed by atoms with van der Waals surface area (Å²) in [6.45, 7) is 2.06. The quantitative estimate of drug-likeness (QED) is 0.532. The third kappa shape index (κ3) is 2.84. The van der Waals surface area contributed by atoms with Crippen molar-refractivity contribution in [2.75, 3.05) is 7.05 Å². The summed E-state index contributed by atoms with van der Waals surface area (Å²) in [7, 11) is -2.28. The van der Waals surface area contributed by atoms with E-state index < -0.39 is 9.84 Å². The Hall–Kier alpha value is -3.19. The van der Waals surface area contributed by atoms with E-state index in [1.807, 2.05) is 13.0 Å². The smallest absolute Gasteiger partial charge is 0.254 e. The Bertz CT molecular complexity index is 1220. The molecule has 28 heavy (non-hydrogen) atoms. The fourth-order valence-electron chi connectivity index (χ4n) is 3.31. The standard InChI is InChI=1S/C21H17NO5S/c1-13-7-9-15(27-13)12-22(2)21(24)14-8-10-17-19(11-14)28(25,26)18-6-4-3-5-16(18)20(17)23/h3-11H,12H2,1-2H3. The number of nitrogens with zero attached hydrogens (tertiary/aromatic N) is 1. The van der Waals surface area contributed by atoms with Crippen LogP contribution in [-0.4, -0.2) is 32.1 Å². The number of fused-ring (bicyclic) bond motifs is 2. The molecule has 0 aliphatic carbocycles. The second kappa shape index (κ2) is 6.45. The van der Waals surface area contributed by atoms with Crippen LogP contribution in [0.3, 0.4) is 0 Å². The molecule has 0 saturated heterocycles. The highest BCUT2D eigenvalue weighted by atomic mass is 32.2. The second-order valence-corrected chi connectivity index (χ2v) is 8.60. The topological polar surface area (TPSA) is 84.7 Å². The van der Waals surface area contributed by atoms with E-state index in [9.17, 15) is 18.0 Å². The minimum absolute atomic E-state index is 0.0310. The first kappa shape index (κ1) is 18.2. The van der Waals surface area contributed by atoms with Crippen LogP contribution in [-0.2, 0) is 16.4 Å². The van der Waals surface area contributed by atoms with Crippen LogP contribution >= 0.6 is 0 Å². The zero-order chi connectivity index (χ0) is 20.1. The molecule has 6 nitrogen and oxygen atoms in total. The number of benzene rings is 2. The molecule has 3 aromatic rings. The predicted molar refractivity (Wildman–Crippen MR) is 101 cm³/mol. The van der Waals surface area contributed by atoms with Crippen molar-refractivity contribution < 1.29 is 22.4 Å². The van der Waals surface area contributed by atoms with E-state index in [0.717, 1.165) is 5.76 Å². The van der Waals surface area contributed by atoms with Gasteiger partial charge in [0.25, 0.3) is 5.91 Å². The zero-order valence-corrected chi connectivity index (χ0v) is 16.1. The Labute approximate surface area is 162 Å². The summed E-state index contributed by atoms with van der Waals surface area (Å²) in [6.07, 6.45) is 0. The molecular formula is C21H17NO5S. The molecule has 2 heterocycles. The van der Waals surface area contributed by atoms with Gasteiger partial charge in [-0.1, -0.05) is 12.1 Å². The molecule has 1 amide bonds. The molecule has 2 aromatic carbocycles. The van der Waals surface area contributed by atoms with Crippen LogP contribution in [0, 0.1) is 6.92 Å². The number of hydrogen-bond acceptors (Lipinski definition) is 5. The number of aryl methyl sites for hydroxylation is 1. The Morgan fingerprint density at radius 3 is 2.43 bits per heavy atom. The molecule has 0 unspecified atom stereocenters. The van der Waals surface area contributed by atoms with Gasteiger partial charge < -0.3 is 9.32 Å². The molecule has 4 rings (SSSR count). The predicted octanol–water partition coefficient (Wildman–Crippen LogP) is 3.24. The van der Waals surface area contributed by atoms with Gasteiger partial charge in [0, 0.05) is 23.7 Å². The summed E-state index contributed by atoms with van der Waals surface area (Å²) in [5.74, 6) is 0.646. The van der Waals surface area contributed by atoms with E-state index >= 15 is 0 Å². The van der Waals surface area contributed by atoms with E-state index in [-0.39, 0.29) is 44.7 Å². The lowest BCUT2D eigenvalue weighted by atomic mass is 10.0. The van der Waals surface area contributed by atoms with Gasteiger partial charge >= 0.3 is 0 Å². The molecule has 0 spiro atoms. The van der Waals surface area contributed by atoms with Gasteiger partial charge in [-0.05, 0) is 49.4 Å². The summed E-state index contributed by atoms with van der Waals surface area (Å²) < 4.78 is 31.5. The largest absolute Gasteiger partial charge is 0.464 e. The maximum Gasteiger partial charge on any atom is 0.254 e. The SMILES string of the molecule is Cc1ccc(CN(C)C(=O)c2ccc3c(c2)S(=O)(=O)c2ccccc2C3=O)o1. The van der Waals surface area contributed by atoms with Crippen molar-refractivity contribution in [1.29, 1.82) is 0 Å². The number of carbonyl (C=O) groups is 2. The van der Waals surface area contributed by atoms with Crippen LogP contribution < -0.4 is 0 Å². The lowest BCUT2D eigenvalue weighted by molar-refractivity contribution is 0.0774. The van der Waals surface area contributed by atoms with Crippen LogP contribution in [0.25, 0.3) is 0 Å². The summed E-state index contributed by atoms with van der Waals surface area (Å²) in [6, 6.07) is 13.9. The van der Waals surface area contributed by atoms with Crippen molar-refractivity contribution in [2.45, 2.75) is 23.3 Å². The summed E-state index contributed by atoms with van der Waals surface area (Å²) in [5, 5.41) is 0. The van der Waals surface area contributed by atoms with E-state index in [1.165, 1.54) is 35.2 Å². The Kier molecular flexibility index (Phi) is 4.19. The number of hydrogen-bond donors (Lipinski definition) is 0. The van der Waals surface area contributed by atoms with E-state index in [1.54, 1.807) is 25.2 Å². The van der Waals surface area contributed by atoms with Gasteiger partial charge in [0.05, 0.1) is 16.3 Å². The first-order chi connectivity index (χ1) is 13.3. The van der Waals surface area contributed by atoms with Gasteiger partial charge in [-0.25, -0.2) is 8.42 Å². The number of amides is 1. The molecule has 0 N–H and O–H groups in total. The van der Waals surface area contributed by atoms with Gasteiger partial charge in [-0.2, -0.15) is 0 Å². The molecule has 0 fully saturated rings. The van der Waals surface area contributed by atoms with Crippen LogP contribution in [0.2, 0.25) is 0 Å². The van der Waals surface area contributed by atoms with E-state index in [0.29, 0.717) is 5.76 Å². The molecule has 7 heteroatoms. The monoisotopic (exact) mass is 395 g/mol. The molecular weight excluding hydrogens is 378 g/mol. The molecule has 1 aliphatic rings. The lowest BCUT2D eigenvalue weighted by Gasteiger charge is -2.21. The first-order valence-electron chi connectivity index (χ1n) is 8.62. The molecule has 0 radical (unpaired) electrons. The highest BCUT2D eigenvalue weighted by molar-refractivity contribution is 7.91. The number of rotatable bonds is 3. The normalized spacial score (nSPS) is 14.3. The number of carbonyl (C=O) groups excluding carboxylic acids is 2. The fourth-order valence-corrected chi connectivity index (χ4v) is 4.99. The summed E-state index contributed by atoms with van der Waals surface area (Å²) in [5.41, 5.74) is 0.430. The molecule has 1 aromatic heterocycles. The van der Waals surface area contributed by atoms with Crippen molar-refractivity contribution >= 4 is 21.5 Å². The van der Waals surface area contributed by atoms with Crippen LogP contribution in [0.4, 0.5) is 0 Å². The van der Waals surface area contributed by atoms with Crippen LogP contribution in [0.15, 0.2) is 68.8 Å². The van der Waals surface area contributed by atoms with E-state index in [4.69, 9.17) is 4.42 Å². The number of ketones is 1. The molecule has 0 bridgehead atoms. The van der Waals surface area contributed by atoms with Gasteiger partial charge in [-0.3, -0.25) is 9.59 Å². The maximum atomic E-state index is 13.0. The van der Waals surface area contributed by atoms with Gasteiger partial charge in [0.1, 0.15) is 11.5 Å². The second-order valence-electron chi connectivity index (χ2n) is 6.71. The average Bonchev–Trinajstić information content (AvgIpc) is 3.10. The minimum Gasteiger partial charge on any atom is -0.464 e. The van der Waals surface area contributed by atoms with Crippen molar-refractivity contribution in [3.8, 4) is 0 Å². The highest BCUT2D eigenvalue weighted by Gasteiger charge is 2.35. The zero-order valence-electron chi connectivity index (χ0n) is 15.3. The van der Waals surface area contributed by atoms with Gasteiger partial charge in [-0.15, -0.1) is 0 Å². The number of sulfone groups is 1. The van der Waals surface area contributed by atoms with Crippen LogP contribution in [0.1, 0.15) is 37.8 Å². The minimum atomic E-state index is -3.88. The first-order valence-corrected chi connectivity index (χ1v) is 10.1. The lowest BCUT2D eigenvalue weighted by Crippen LogP contribution is -2.27. The van der Waals surface area contributed by atoms with Crippen molar-refractivity contribution in [2.24, 2.45) is 0 Å². The Morgan fingerprint density at radius 2 is 1.71 bits per heavy atom. The van der Waals surface area contributed by atoms with Crippen molar-refractivity contribution in [3.05, 3.63) is 82.8 Å². The molecule has 1 aliphatic heterocycles. The molecule has 0 atom stereocenters. The third-order valence-corrected chi connectivity index (χ3v) is 6.57. The number of furan rings is 1. The Balaban J connectivity index is 1.72. The fraction of sp³-hybridized carbons (Fsp3) is 0.143. The Morgan fingerprint density at radius 1 is 1.00 bits per heavy atom. The third-order valence-electron chi connectivity index (χ3n) is 4.72. The van der Waals surface area contributed by atoms with Crippen molar-refractivity contribution in [3.63, 3.8) is 0 Å². The summed E-state index contributed by atoms with van der Waals surface area (Å²) >= 11 is 0. The van der Waals surface area contributed by atoms with Crippen LogP contribution in [0.5, 0.6) is 0 Å². The van der Waals surface area contributed by atoms with Gasteiger partial charge in [0.15, 0.2) is 5.78 Å².